The van der Waals surface area contributed by atoms with Crippen molar-refractivity contribution in [3.05, 3.63) is 23.7 Å². The molecule has 0 bridgehead atoms. The van der Waals surface area contributed by atoms with Crippen molar-refractivity contribution >= 4 is 5.91 Å². The molecule has 13 heavy (non-hydrogen) atoms. The zero-order valence-corrected chi connectivity index (χ0v) is 6.57. The minimum atomic E-state index is -0.497. The van der Waals surface area contributed by atoms with Gasteiger partial charge in [0.25, 0.3) is 5.91 Å². The zero-order valence-electron chi connectivity index (χ0n) is 6.57. The van der Waals surface area contributed by atoms with E-state index in [0.717, 1.165) is 0 Å². The molecule has 0 aliphatic rings. The molecule has 1 aromatic heterocycles. The van der Waals surface area contributed by atoms with E-state index >= 15 is 0 Å². The first kappa shape index (κ1) is 8.82. The molecular formula is C8H5N3O2. The maximum atomic E-state index is 11.1. The predicted molar refractivity (Wildman–Crippen MR) is 41.4 cm³/mol. The van der Waals surface area contributed by atoms with Gasteiger partial charge in [-0.25, -0.2) is 0 Å². The molecule has 0 aromatic carbocycles. The molecule has 64 valence electrons. The number of rotatable bonds is 2. The van der Waals surface area contributed by atoms with Crippen LogP contribution in [0.4, 0.5) is 0 Å². The third-order valence-electron chi connectivity index (χ3n) is 1.27. The number of carbonyl (C=O) groups excluding carboxylic acids is 1. The van der Waals surface area contributed by atoms with E-state index in [1.807, 2.05) is 0 Å². The number of hydrogen-bond donors (Lipinski definition) is 1. The molecule has 0 atom stereocenters. The smallest absolute Gasteiger partial charge is 0.287 e. The van der Waals surface area contributed by atoms with Gasteiger partial charge in [0.2, 0.25) is 5.76 Å². The van der Waals surface area contributed by atoms with Crippen LogP contribution < -0.4 is 5.32 Å². The largest absolute Gasteiger partial charge is 0.440 e. The molecule has 0 fully saturated rings. The van der Waals surface area contributed by atoms with Gasteiger partial charge in [-0.2, -0.15) is 10.5 Å². The van der Waals surface area contributed by atoms with Crippen LogP contribution in [0.15, 0.2) is 16.5 Å². The SMILES string of the molecule is N#CCNC(=O)c1ccc(C#N)o1. The van der Waals surface area contributed by atoms with E-state index in [9.17, 15) is 4.79 Å². The average molecular weight is 175 g/mol. The van der Waals surface area contributed by atoms with Crippen molar-refractivity contribution in [2.24, 2.45) is 0 Å². The second-order valence-electron chi connectivity index (χ2n) is 2.12. The Labute approximate surface area is 74.2 Å². The molecular weight excluding hydrogens is 170 g/mol. The summed E-state index contributed by atoms with van der Waals surface area (Å²) in [5, 5.41) is 18.8. The van der Waals surface area contributed by atoms with Gasteiger partial charge >= 0.3 is 0 Å². The Bertz CT molecular complexity index is 394. The van der Waals surface area contributed by atoms with Gasteiger partial charge in [0.05, 0.1) is 6.07 Å². The fraction of sp³-hybridized carbons (Fsp3) is 0.125. The van der Waals surface area contributed by atoms with E-state index in [-0.39, 0.29) is 18.1 Å². The van der Waals surface area contributed by atoms with Gasteiger partial charge in [-0.15, -0.1) is 0 Å². The van der Waals surface area contributed by atoms with Gasteiger partial charge in [-0.05, 0) is 12.1 Å². The standard InChI is InChI=1S/C8H5N3O2/c9-3-4-11-8(12)7-2-1-6(5-10)13-7/h1-2H,4H2,(H,11,12). The van der Waals surface area contributed by atoms with Gasteiger partial charge in [0.1, 0.15) is 12.6 Å². The molecule has 5 heteroatoms. The normalized spacial score (nSPS) is 8.46. The van der Waals surface area contributed by atoms with Gasteiger partial charge in [0, 0.05) is 0 Å². The first-order chi connectivity index (χ1) is 6.27. The Morgan fingerprint density at radius 3 is 2.85 bits per heavy atom. The number of furan rings is 1. The first-order valence-electron chi connectivity index (χ1n) is 3.43. The monoisotopic (exact) mass is 175 g/mol. The van der Waals surface area contributed by atoms with Gasteiger partial charge < -0.3 is 9.73 Å². The Kier molecular flexibility index (Phi) is 2.67. The van der Waals surface area contributed by atoms with Crippen LogP contribution in [-0.4, -0.2) is 12.5 Å². The highest BCUT2D eigenvalue weighted by Crippen LogP contribution is 2.05. The molecule has 0 saturated carbocycles. The van der Waals surface area contributed by atoms with Crippen LogP contribution in [0.2, 0.25) is 0 Å². The van der Waals surface area contributed by atoms with Crippen molar-refractivity contribution < 1.29 is 9.21 Å². The number of amides is 1. The molecule has 0 radical (unpaired) electrons. The average Bonchev–Trinajstić information content (AvgIpc) is 2.62. The van der Waals surface area contributed by atoms with Crippen LogP contribution in [0.5, 0.6) is 0 Å². The molecule has 1 rings (SSSR count). The highest BCUT2D eigenvalue weighted by Gasteiger charge is 2.09. The molecule has 1 heterocycles. The molecule has 0 unspecified atom stereocenters. The Balaban J connectivity index is 2.69. The summed E-state index contributed by atoms with van der Waals surface area (Å²) >= 11 is 0. The second kappa shape index (κ2) is 3.93. The quantitative estimate of drug-likeness (QED) is 0.659. The molecule has 0 aliphatic carbocycles. The fourth-order valence-corrected chi connectivity index (χ4v) is 0.727. The van der Waals surface area contributed by atoms with Crippen LogP contribution in [-0.2, 0) is 0 Å². The van der Waals surface area contributed by atoms with Crippen LogP contribution in [0.25, 0.3) is 0 Å². The van der Waals surface area contributed by atoms with Gasteiger partial charge in [-0.3, -0.25) is 4.79 Å². The van der Waals surface area contributed by atoms with Gasteiger partial charge in [0.15, 0.2) is 5.76 Å². The topological polar surface area (TPSA) is 89.8 Å². The van der Waals surface area contributed by atoms with Crippen molar-refractivity contribution in [1.29, 1.82) is 10.5 Å². The minimum Gasteiger partial charge on any atom is -0.440 e. The first-order valence-corrected chi connectivity index (χ1v) is 3.43. The molecule has 5 nitrogen and oxygen atoms in total. The Morgan fingerprint density at radius 2 is 2.31 bits per heavy atom. The third-order valence-corrected chi connectivity index (χ3v) is 1.27. The maximum absolute atomic E-state index is 11.1. The highest BCUT2D eigenvalue weighted by atomic mass is 16.3. The summed E-state index contributed by atoms with van der Waals surface area (Å²) in [5.41, 5.74) is 0. The highest BCUT2D eigenvalue weighted by molar-refractivity contribution is 5.91. The van der Waals surface area contributed by atoms with Crippen LogP contribution in [0, 0.1) is 22.7 Å². The number of nitrogens with one attached hydrogen (secondary N) is 1. The van der Waals surface area contributed by atoms with Crippen LogP contribution in [0.1, 0.15) is 16.3 Å². The lowest BCUT2D eigenvalue weighted by Crippen LogP contribution is -2.22. The summed E-state index contributed by atoms with van der Waals surface area (Å²) in [5.74, 6) is -0.392. The molecule has 1 aromatic rings. The van der Waals surface area contributed by atoms with E-state index in [0.29, 0.717) is 0 Å². The van der Waals surface area contributed by atoms with E-state index in [4.69, 9.17) is 14.9 Å². The summed E-state index contributed by atoms with van der Waals surface area (Å²) < 4.78 is 4.81. The summed E-state index contributed by atoms with van der Waals surface area (Å²) in [4.78, 5) is 11.1. The number of nitriles is 2. The second-order valence-corrected chi connectivity index (χ2v) is 2.12. The molecule has 0 aliphatic heterocycles. The molecule has 1 amide bonds. The summed E-state index contributed by atoms with van der Waals surface area (Å²) in [7, 11) is 0. The lowest BCUT2D eigenvalue weighted by Gasteiger charge is -1.94. The van der Waals surface area contributed by atoms with Crippen molar-refractivity contribution in [3.63, 3.8) is 0 Å². The van der Waals surface area contributed by atoms with E-state index in [2.05, 4.69) is 5.32 Å². The van der Waals surface area contributed by atoms with E-state index in [1.165, 1.54) is 12.1 Å². The Morgan fingerprint density at radius 1 is 1.54 bits per heavy atom. The van der Waals surface area contributed by atoms with E-state index in [1.54, 1.807) is 12.1 Å². The Hall–Kier alpha value is -2.27. The molecule has 0 saturated heterocycles. The lowest BCUT2D eigenvalue weighted by atomic mass is 10.4. The summed E-state index contributed by atoms with van der Waals surface area (Å²) in [6.45, 7) is -0.0819. The summed E-state index contributed by atoms with van der Waals surface area (Å²) in [6, 6.07) is 6.27. The van der Waals surface area contributed by atoms with Crippen molar-refractivity contribution in [2.45, 2.75) is 0 Å². The van der Waals surface area contributed by atoms with Crippen LogP contribution >= 0.6 is 0 Å². The van der Waals surface area contributed by atoms with Crippen molar-refractivity contribution in [1.82, 2.24) is 5.32 Å². The number of hydrogen-bond acceptors (Lipinski definition) is 4. The van der Waals surface area contributed by atoms with Crippen molar-refractivity contribution in [2.75, 3.05) is 6.54 Å². The zero-order chi connectivity index (χ0) is 9.68. The van der Waals surface area contributed by atoms with E-state index < -0.39 is 5.91 Å². The van der Waals surface area contributed by atoms with Crippen molar-refractivity contribution in [3.8, 4) is 12.1 Å². The minimum absolute atomic E-state index is 0.0341. The maximum Gasteiger partial charge on any atom is 0.287 e. The predicted octanol–water partition coefficient (Wildman–Crippen LogP) is 0.405. The van der Waals surface area contributed by atoms with Gasteiger partial charge in [-0.1, -0.05) is 0 Å². The fourth-order valence-electron chi connectivity index (χ4n) is 0.727. The molecule has 1 N–H and O–H groups in total. The lowest BCUT2D eigenvalue weighted by molar-refractivity contribution is 0.0930. The molecule has 0 spiro atoms. The number of nitrogens with zero attached hydrogens (tertiary/aromatic N) is 2. The summed E-state index contributed by atoms with van der Waals surface area (Å²) in [6.07, 6.45) is 0. The number of carbonyl (C=O) groups is 1. The van der Waals surface area contributed by atoms with Crippen LogP contribution in [0.3, 0.4) is 0 Å². The third kappa shape index (κ3) is 2.08.